The molecule has 0 saturated carbocycles. The molecule has 8 heteroatoms. The van der Waals surface area contributed by atoms with Crippen LogP contribution in [0.1, 0.15) is 0 Å². The quantitative estimate of drug-likeness (QED) is 0.479. The zero-order valence-electron chi connectivity index (χ0n) is 7.18. The Morgan fingerprint density at radius 3 is 1.58 bits per heavy atom. The van der Waals surface area contributed by atoms with Crippen LogP contribution < -0.4 is 0 Å². The molecule has 2 N–H and O–H groups in total. The van der Waals surface area contributed by atoms with Gasteiger partial charge >= 0.3 is 16.4 Å². The highest BCUT2D eigenvalue weighted by Gasteiger charge is 2.44. The van der Waals surface area contributed by atoms with Gasteiger partial charge in [-0.1, -0.05) is 0 Å². The van der Waals surface area contributed by atoms with Crippen LogP contribution in [0, 0.1) is 0 Å². The minimum absolute atomic E-state index is 0.497. The third kappa shape index (κ3) is 3.77. The number of hydrogen-bond donors (Lipinski definition) is 2. The summed E-state index contributed by atoms with van der Waals surface area (Å²) in [5.74, 6) is -0.497. The van der Waals surface area contributed by atoms with Crippen molar-refractivity contribution < 1.29 is 27.6 Å². The molecular weight excluding hydrogens is 203 g/mol. The van der Waals surface area contributed by atoms with Crippen LogP contribution >= 0.6 is 7.60 Å². The van der Waals surface area contributed by atoms with Gasteiger partial charge in [0.25, 0.3) is 0 Å². The summed E-state index contributed by atoms with van der Waals surface area (Å²) in [4.78, 5) is 17.3. The van der Waals surface area contributed by atoms with Gasteiger partial charge in [-0.15, -0.1) is 0 Å². The lowest BCUT2D eigenvalue weighted by molar-refractivity contribution is 0.128. The van der Waals surface area contributed by atoms with Crippen molar-refractivity contribution in [3.05, 3.63) is 0 Å². The summed E-state index contributed by atoms with van der Waals surface area (Å²) in [5.41, 5.74) is 0. The van der Waals surface area contributed by atoms with Gasteiger partial charge in [0.1, 0.15) is 5.79 Å². The van der Waals surface area contributed by atoms with Crippen LogP contribution in [-0.4, -0.2) is 45.7 Å². The summed E-state index contributed by atoms with van der Waals surface area (Å²) in [6.45, 7) is 0. The molecule has 0 aliphatic heterocycles. The van der Waals surface area contributed by atoms with Crippen LogP contribution in [0.25, 0.3) is 0 Å². The molecule has 6 nitrogen and oxygen atoms in total. The summed E-state index contributed by atoms with van der Waals surface area (Å²) < 4.78 is 25.1. The highest BCUT2D eigenvalue weighted by atomic mass is 31.2. The van der Waals surface area contributed by atoms with E-state index in [1.165, 1.54) is 21.3 Å². The second-order valence-electron chi connectivity index (χ2n) is 2.12. The molecule has 0 aliphatic carbocycles. The Bertz CT molecular complexity index is 166. The van der Waals surface area contributed by atoms with Crippen LogP contribution in [0.15, 0.2) is 0 Å². The van der Waals surface area contributed by atoms with Crippen molar-refractivity contribution in [2.24, 2.45) is 0 Å². The van der Waals surface area contributed by atoms with Crippen LogP contribution in [0.3, 0.4) is 0 Å². The average molecular weight is 216 g/mol. The zero-order valence-corrected chi connectivity index (χ0v) is 9.08. The highest BCUT2D eigenvalue weighted by molar-refractivity contribution is 7.54. The monoisotopic (exact) mass is 216 g/mol. The molecule has 0 unspecified atom stereocenters. The first-order valence-corrected chi connectivity index (χ1v) is 6.82. The normalized spacial score (nSPS) is 13.4. The van der Waals surface area contributed by atoms with Gasteiger partial charge in [-0.3, -0.25) is 4.57 Å². The van der Waals surface area contributed by atoms with Gasteiger partial charge in [0.05, 0.1) is 0 Å². The van der Waals surface area contributed by atoms with Gasteiger partial charge in [-0.2, -0.15) is 0 Å². The van der Waals surface area contributed by atoms with Crippen LogP contribution in [0.2, 0.25) is 0 Å². The summed E-state index contributed by atoms with van der Waals surface area (Å²) in [7, 11) is -3.36. The minimum Gasteiger partial charge on any atom is -0.376 e. The molecule has 0 aromatic heterocycles. The number of hydrogen-bond acceptors (Lipinski definition) is 4. The SMILES string of the molecule is CO[Si](CP(=O)(O)O)(OC)OC. The lowest BCUT2D eigenvalue weighted by Crippen LogP contribution is -2.47. The molecule has 0 amide bonds. The van der Waals surface area contributed by atoms with Gasteiger partial charge in [-0.05, 0) is 0 Å². The summed E-state index contributed by atoms with van der Waals surface area (Å²) >= 11 is 0. The Hall–Kier alpha value is 0.247. The molecular formula is C4H13O6PSi. The first-order valence-electron chi connectivity index (χ1n) is 3.09. The van der Waals surface area contributed by atoms with Crippen molar-refractivity contribution in [1.29, 1.82) is 0 Å². The predicted molar refractivity (Wildman–Crippen MR) is 43.7 cm³/mol. The fourth-order valence-corrected chi connectivity index (χ4v) is 4.76. The van der Waals surface area contributed by atoms with Gasteiger partial charge in [0.15, 0.2) is 0 Å². The average Bonchev–Trinajstić information content (AvgIpc) is 1.99. The Morgan fingerprint density at radius 1 is 1.17 bits per heavy atom. The predicted octanol–water partition coefficient (Wildman–Crippen LogP) is -0.419. The Labute approximate surface area is 72.0 Å². The molecule has 74 valence electrons. The second kappa shape index (κ2) is 4.47. The van der Waals surface area contributed by atoms with Gasteiger partial charge in [0.2, 0.25) is 0 Å². The third-order valence-electron chi connectivity index (χ3n) is 1.33. The van der Waals surface area contributed by atoms with Crippen molar-refractivity contribution in [1.82, 2.24) is 0 Å². The summed E-state index contributed by atoms with van der Waals surface area (Å²) in [5, 5.41) is 0. The first-order chi connectivity index (χ1) is 5.39. The Morgan fingerprint density at radius 2 is 1.50 bits per heavy atom. The van der Waals surface area contributed by atoms with Gasteiger partial charge in [0, 0.05) is 21.3 Å². The van der Waals surface area contributed by atoms with E-state index in [0.717, 1.165) is 0 Å². The topological polar surface area (TPSA) is 85.2 Å². The summed E-state index contributed by atoms with van der Waals surface area (Å²) in [6.07, 6.45) is 0. The first kappa shape index (κ1) is 12.2. The van der Waals surface area contributed by atoms with Crippen molar-refractivity contribution in [3.63, 3.8) is 0 Å². The van der Waals surface area contributed by atoms with Crippen LogP contribution in [-0.2, 0) is 17.8 Å². The second-order valence-corrected chi connectivity index (χ2v) is 7.30. The molecule has 0 spiro atoms. The molecule has 0 aromatic rings. The van der Waals surface area contributed by atoms with Crippen molar-refractivity contribution >= 4 is 16.4 Å². The molecule has 0 aliphatic rings. The maximum absolute atomic E-state index is 10.6. The molecule has 0 radical (unpaired) electrons. The van der Waals surface area contributed by atoms with E-state index in [2.05, 4.69) is 0 Å². The van der Waals surface area contributed by atoms with E-state index in [4.69, 9.17) is 23.1 Å². The molecule has 0 saturated heterocycles. The fourth-order valence-electron chi connectivity index (χ4n) is 0.696. The Balaban J connectivity index is 4.41. The maximum atomic E-state index is 10.6. The maximum Gasteiger partial charge on any atom is 0.512 e. The molecule has 0 heterocycles. The van der Waals surface area contributed by atoms with E-state index in [9.17, 15) is 4.57 Å². The molecule has 0 bridgehead atoms. The van der Waals surface area contributed by atoms with E-state index in [1.807, 2.05) is 0 Å². The fraction of sp³-hybridized carbons (Fsp3) is 1.00. The van der Waals surface area contributed by atoms with Gasteiger partial charge < -0.3 is 23.1 Å². The Kier molecular flexibility index (Phi) is 4.57. The standard InChI is InChI=1S/C4H13O6PSi/c1-8-12(9-2,10-3)4-11(5,6)7/h4H2,1-3H3,(H2,5,6,7). The largest absolute Gasteiger partial charge is 0.512 e. The zero-order chi connectivity index (χ0) is 9.83. The lowest BCUT2D eigenvalue weighted by atomic mass is 11.8. The van der Waals surface area contributed by atoms with E-state index in [-0.39, 0.29) is 0 Å². The summed E-state index contributed by atoms with van der Waals surface area (Å²) in [6, 6.07) is 0. The number of rotatable bonds is 5. The van der Waals surface area contributed by atoms with E-state index in [1.54, 1.807) is 0 Å². The van der Waals surface area contributed by atoms with Gasteiger partial charge in [-0.25, -0.2) is 0 Å². The molecule has 0 rings (SSSR count). The molecule has 0 atom stereocenters. The lowest BCUT2D eigenvalue weighted by Gasteiger charge is -2.24. The smallest absolute Gasteiger partial charge is 0.376 e. The van der Waals surface area contributed by atoms with Crippen LogP contribution in [0.4, 0.5) is 0 Å². The molecule has 0 aromatic carbocycles. The van der Waals surface area contributed by atoms with E-state index >= 15 is 0 Å². The van der Waals surface area contributed by atoms with E-state index in [0.29, 0.717) is 0 Å². The van der Waals surface area contributed by atoms with Crippen molar-refractivity contribution in [2.45, 2.75) is 0 Å². The van der Waals surface area contributed by atoms with E-state index < -0.39 is 22.2 Å². The highest BCUT2D eigenvalue weighted by Crippen LogP contribution is 2.37. The minimum atomic E-state index is -4.15. The van der Waals surface area contributed by atoms with Crippen LogP contribution in [0.5, 0.6) is 0 Å². The van der Waals surface area contributed by atoms with Crippen molar-refractivity contribution in [2.75, 3.05) is 27.1 Å². The van der Waals surface area contributed by atoms with Crippen molar-refractivity contribution in [3.8, 4) is 0 Å². The molecule has 0 fully saturated rings. The molecule has 12 heavy (non-hydrogen) atoms. The third-order valence-corrected chi connectivity index (χ3v) is 6.40.